The van der Waals surface area contributed by atoms with Crippen LogP contribution in [0.4, 0.5) is 5.69 Å². The van der Waals surface area contributed by atoms with Gasteiger partial charge in [-0.2, -0.15) is 0 Å². The van der Waals surface area contributed by atoms with Gasteiger partial charge in [-0.3, -0.25) is 14.5 Å². The predicted octanol–water partition coefficient (Wildman–Crippen LogP) is 4.71. The van der Waals surface area contributed by atoms with E-state index >= 15 is 0 Å². The summed E-state index contributed by atoms with van der Waals surface area (Å²) in [6, 6.07) is 12.9. The Kier molecular flexibility index (Phi) is 6.11. The van der Waals surface area contributed by atoms with Gasteiger partial charge in [0.15, 0.2) is 0 Å². The van der Waals surface area contributed by atoms with Gasteiger partial charge in [0.1, 0.15) is 29.0 Å². The van der Waals surface area contributed by atoms with Crippen LogP contribution in [0.3, 0.4) is 0 Å². The van der Waals surface area contributed by atoms with Gasteiger partial charge in [0, 0.05) is 16.6 Å². The Hall–Kier alpha value is -3.78. The summed E-state index contributed by atoms with van der Waals surface area (Å²) in [6.07, 6.45) is 0. The number of anilines is 1. The average molecular weight is 466 g/mol. The van der Waals surface area contributed by atoms with Gasteiger partial charge >= 0.3 is 0 Å². The van der Waals surface area contributed by atoms with Crippen LogP contribution in [0.1, 0.15) is 22.0 Å². The Morgan fingerprint density at radius 1 is 0.939 bits per heavy atom. The highest BCUT2D eigenvalue weighted by molar-refractivity contribution is 7.10. The van der Waals surface area contributed by atoms with Crippen molar-refractivity contribution in [2.24, 2.45) is 0 Å². The third-order valence-electron chi connectivity index (χ3n) is 5.61. The van der Waals surface area contributed by atoms with Crippen LogP contribution in [0.15, 0.2) is 59.5 Å². The summed E-state index contributed by atoms with van der Waals surface area (Å²) in [4.78, 5) is 28.7. The molecule has 8 heteroatoms. The molecular weight excluding hydrogens is 442 g/mol. The Morgan fingerprint density at radius 3 is 2.18 bits per heavy atom. The molecule has 1 aromatic heterocycles. The molecule has 0 bridgehead atoms. The summed E-state index contributed by atoms with van der Waals surface area (Å²) in [7, 11) is 4.54. The quantitative estimate of drug-likeness (QED) is 0.322. The lowest BCUT2D eigenvalue weighted by Crippen LogP contribution is -2.29. The molecule has 1 saturated heterocycles. The van der Waals surface area contributed by atoms with Gasteiger partial charge in [-0.25, -0.2) is 0 Å². The van der Waals surface area contributed by atoms with Crippen molar-refractivity contribution in [2.75, 3.05) is 26.2 Å². The number of rotatable bonds is 6. The highest BCUT2D eigenvalue weighted by atomic mass is 32.1. The number of carbonyl (C=O) groups is 2. The fourth-order valence-electron chi connectivity index (χ4n) is 3.89. The van der Waals surface area contributed by atoms with E-state index in [1.165, 1.54) is 30.5 Å². The van der Waals surface area contributed by atoms with E-state index in [1.54, 1.807) is 49.6 Å². The molecule has 2 heterocycles. The number of nitrogens with zero attached hydrogens (tertiary/aromatic N) is 1. The molecule has 1 unspecified atom stereocenters. The molecular formula is C25H23NO6S. The van der Waals surface area contributed by atoms with Gasteiger partial charge in [-0.1, -0.05) is 0 Å². The fraction of sp³-hybridized carbons (Fsp3) is 0.200. The number of aliphatic hydroxyl groups excluding tert-OH is 1. The second kappa shape index (κ2) is 8.99. The van der Waals surface area contributed by atoms with Crippen LogP contribution in [-0.2, 0) is 9.59 Å². The van der Waals surface area contributed by atoms with E-state index in [4.69, 9.17) is 14.2 Å². The number of hydrogen-bond donors (Lipinski definition) is 1. The summed E-state index contributed by atoms with van der Waals surface area (Å²) in [6.45, 7) is 1.91. The number of aryl methyl sites for hydroxylation is 1. The van der Waals surface area contributed by atoms with Crippen molar-refractivity contribution in [3.05, 3.63) is 75.5 Å². The summed E-state index contributed by atoms with van der Waals surface area (Å²) in [5, 5.41) is 13.2. The maximum absolute atomic E-state index is 13.3. The summed E-state index contributed by atoms with van der Waals surface area (Å²) >= 11 is 1.42. The van der Waals surface area contributed by atoms with Crippen molar-refractivity contribution in [3.8, 4) is 17.2 Å². The third-order valence-corrected chi connectivity index (χ3v) is 6.68. The monoisotopic (exact) mass is 465 g/mol. The summed E-state index contributed by atoms with van der Waals surface area (Å²) in [5.41, 5.74) is 1.74. The van der Waals surface area contributed by atoms with Crippen LogP contribution >= 0.6 is 11.3 Å². The topological polar surface area (TPSA) is 85.3 Å². The number of ether oxygens (including phenoxy) is 3. The van der Waals surface area contributed by atoms with Gasteiger partial charge in [0.05, 0.1) is 32.5 Å². The van der Waals surface area contributed by atoms with Crippen LogP contribution in [0.25, 0.3) is 5.76 Å². The molecule has 1 aliphatic heterocycles. The van der Waals surface area contributed by atoms with Crippen molar-refractivity contribution in [1.82, 2.24) is 0 Å². The second-order valence-corrected chi connectivity index (χ2v) is 8.35. The van der Waals surface area contributed by atoms with Crippen LogP contribution in [0, 0.1) is 6.92 Å². The number of aliphatic hydroxyl groups is 1. The van der Waals surface area contributed by atoms with Crippen molar-refractivity contribution in [2.45, 2.75) is 13.0 Å². The Bertz CT molecular complexity index is 1240. The van der Waals surface area contributed by atoms with E-state index < -0.39 is 17.7 Å². The molecule has 2 aromatic carbocycles. The molecule has 1 N–H and O–H groups in total. The van der Waals surface area contributed by atoms with Crippen molar-refractivity contribution in [3.63, 3.8) is 0 Å². The normalized spacial score (nSPS) is 17.3. The highest BCUT2D eigenvalue weighted by Gasteiger charge is 2.48. The van der Waals surface area contributed by atoms with Gasteiger partial charge < -0.3 is 19.3 Å². The first kappa shape index (κ1) is 22.4. The molecule has 0 radical (unpaired) electrons. The predicted molar refractivity (Wildman–Crippen MR) is 126 cm³/mol. The smallest absolute Gasteiger partial charge is 0.300 e. The number of amides is 1. The molecule has 4 rings (SSSR count). The zero-order chi connectivity index (χ0) is 23.7. The summed E-state index contributed by atoms with van der Waals surface area (Å²) < 4.78 is 15.9. The van der Waals surface area contributed by atoms with Crippen molar-refractivity contribution >= 4 is 34.5 Å². The number of ketones is 1. The zero-order valence-corrected chi connectivity index (χ0v) is 19.4. The first-order valence-electron chi connectivity index (χ1n) is 10.1. The minimum atomic E-state index is -0.787. The molecule has 0 saturated carbocycles. The van der Waals surface area contributed by atoms with Gasteiger partial charge in [-0.05, 0) is 60.3 Å². The largest absolute Gasteiger partial charge is 0.507 e. The molecule has 7 nitrogen and oxygen atoms in total. The lowest BCUT2D eigenvalue weighted by atomic mass is 9.97. The molecule has 3 aromatic rings. The van der Waals surface area contributed by atoms with Gasteiger partial charge in [0.25, 0.3) is 11.7 Å². The number of benzene rings is 2. The molecule has 0 aliphatic carbocycles. The minimum Gasteiger partial charge on any atom is -0.507 e. The molecule has 33 heavy (non-hydrogen) atoms. The van der Waals surface area contributed by atoms with Crippen LogP contribution < -0.4 is 19.1 Å². The Labute approximate surface area is 195 Å². The van der Waals surface area contributed by atoms with E-state index in [-0.39, 0.29) is 11.3 Å². The van der Waals surface area contributed by atoms with E-state index in [9.17, 15) is 14.7 Å². The molecule has 170 valence electrons. The molecule has 1 aliphatic rings. The molecule has 1 fully saturated rings. The number of carbonyl (C=O) groups excluding carboxylic acids is 2. The Balaban J connectivity index is 1.94. The van der Waals surface area contributed by atoms with Crippen molar-refractivity contribution in [1.29, 1.82) is 0 Å². The average Bonchev–Trinajstić information content (AvgIpc) is 3.38. The number of Topliss-reactive ketones (excluding diaryl/α,β-unsaturated/α-hetero) is 1. The number of methoxy groups -OCH3 is 3. The van der Waals surface area contributed by atoms with Crippen molar-refractivity contribution < 1.29 is 28.9 Å². The first-order valence-corrected chi connectivity index (χ1v) is 11.0. The van der Waals surface area contributed by atoms with E-state index in [0.717, 1.165) is 10.4 Å². The summed E-state index contributed by atoms with van der Waals surface area (Å²) in [5.74, 6) is -0.299. The lowest BCUT2D eigenvalue weighted by molar-refractivity contribution is -0.132. The van der Waals surface area contributed by atoms with E-state index in [0.29, 0.717) is 28.5 Å². The molecule has 0 spiro atoms. The van der Waals surface area contributed by atoms with Crippen LogP contribution in [0.2, 0.25) is 0 Å². The minimum absolute atomic E-state index is 0.00448. The second-order valence-electron chi connectivity index (χ2n) is 7.40. The number of hydrogen-bond acceptors (Lipinski definition) is 7. The molecule has 1 amide bonds. The zero-order valence-electron chi connectivity index (χ0n) is 18.6. The van der Waals surface area contributed by atoms with Crippen LogP contribution in [0.5, 0.6) is 17.2 Å². The maximum atomic E-state index is 13.3. The van der Waals surface area contributed by atoms with Gasteiger partial charge in [-0.15, -0.1) is 11.3 Å². The van der Waals surface area contributed by atoms with E-state index in [1.807, 2.05) is 18.4 Å². The third kappa shape index (κ3) is 3.82. The Morgan fingerprint density at radius 2 is 1.61 bits per heavy atom. The molecule has 1 atom stereocenters. The number of thiophene rings is 1. The maximum Gasteiger partial charge on any atom is 0.300 e. The van der Waals surface area contributed by atoms with E-state index in [2.05, 4.69) is 0 Å². The van der Waals surface area contributed by atoms with Crippen LogP contribution in [-0.4, -0.2) is 38.1 Å². The first-order chi connectivity index (χ1) is 15.9. The van der Waals surface area contributed by atoms with Gasteiger partial charge in [0.2, 0.25) is 0 Å². The highest BCUT2D eigenvalue weighted by Crippen LogP contribution is 2.46. The standard InChI is InChI=1S/C25H23NO6S/c1-14-11-12-33-24(14)21-20(22(27)18-10-9-17(31-3)13-19(18)32-4)23(28)25(29)26(21)15-5-7-16(30-2)8-6-15/h5-13,21,27H,1-4H3/b22-20+. The fourth-order valence-corrected chi connectivity index (χ4v) is 4.92. The SMILES string of the molecule is COc1ccc(N2C(=O)C(=O)/C(=C(/O)c3ccc(OC)cc3OC)C2c2sccc2C)cc1. The lowest BCUT2D eigenvalue weighted by Gasteiger charge is -2.25.